The van der Waals surface area contributed by atoms with Crippen LogP contribution in [0.2, 0.25) is 0 Å². The van der Waals surface area contributed by atoms with Gasteiger partial charge in [0, 0.05) is 39.0 Å². The number of carbonyl (C=O) groups is 1. The van der Waals surface area contributed by atoms with Gasteiger partial charge in [0.25, 0.3) is 0 Å². The largest absolute Gasteiger partial charge is 0.360 e. The summed E-state index contributed by atoms with van der Waals surface area (Å²) < 4.78 is 37.3. The first-order valence-electron chi connectivity index (χ1n) is 9.29. The van der Waals surface area contributed by atoms with Crippen LogP contribution >= 0.6 is 0 Å². The number of aryl methyl sites for hydroxylation is 2. The highest BCUT2D eigenvalue weighted by Crippen LogP contribution is 2.34. The highest BCUT2D eigenvalue weighted by atomic mass is 32.2. The Morgan fingerprint density at radius 3 is 2.32 bits per heavy atom. The van der Waals surface area contributed by atoms with Crippen molar-refractivity contribution in [3.8, 4) is 0 Å². The number of carbonyl (C=O) groups excluding carboxylic acids is 1. The Hall–Kier alpha value is -2.27. The molecular formula is C17H23N5O5S. The second-order valence-corrected chi connectivity index (χ2v) is 9.32. The van der Waals surface area contributed by atoms with Crippen molar-refractivity contribution in [2.75, 3.05) is 26.2 Å². The Labute approximate surface area is 162 Å². The monoisotopic (exact) mass is 409 g/mol. The molecule has 2 aromatic heterocycles. The van der Waals surface area contributed by atoms with Crippen LogP contribution in [-0.2, 0) is 14.8 Å². The van der Waals surface area contributed by atoms with E-state index in [0.717, 1.165) is 12.8 Å². The lowest BCUT2D eigenvalue weighted by Crippen LogP contribution is -2.48. The molecule has 0 aliphatic carbocycles. The zero-order chi connectivity index (χ0) is 20.1. The maximum Gasteiger partial charge on any atom is 0.248 e. The fourth-order valence-electron chi connectivity index (χ4n) is 3.79. The molecule has 4 rings (SSSR count). The fourth-order valence-corrected chi connectivity index (χ4v) is 5.62. The van der Waals surface area contributed by atoms with Crippen LogP contribution in [-0.4, -0.2) is 65.0 Å². The Morgan fingerprint density at radius 1 is 1.07 bits per heavy atom. The molecule has 2 aliphatic rings. The first-order valence-corrected chi connectivity index (χ1v) is 10.7. The molecule has 2 fully saturated rings. The minimum atomic E-state index is -3.64. The van der Waals surface area contributed by atoms with Gasteiger partial charge in [0.15, 0.2) is 11.6 Å². The molecule has 2 saturated heterocycles. The van der Waals surface area contributed by atoms with Gasteiger partial charge in [0.05, 0.1) is 5.92 Å². The third-order valence-corrected chi connectivity index (χ3v) is 7.60. The van der Waals surface area contributed by atoms with Crippen LogP contribution in [0, 0.1) is 13.8 Å². The average Bonchev–Trinajstić information content (AvgIpc) is 3.20. The van der Waals surface area contributed by atoms with Gasteiger partial charge in [-0.3, -0.25) is 4.79 Å². The van der Waals surface area contributed by atoms with Crippen LogP contribution in [0.5, 0.6) is 0 Å². The van der Waals surface area contributed by atoms with Crippen molar-refractivity contribution in [3.63, 3.8) is 0 Å². The zero-order valence-electron chi connectivity index (χ0n) is 16.1. The predicted molar refractivity (Wildman–Crippen MR) is 96.0 cm³/mol. The van der Waals surface area contributed by atoms with Gasteiger partial charge in [0.1, 0.15) is 10.6 Å². The van der Waals surface area contributed by atoms with Crippen molar-refractivity contribution in [2.45, 2.75) is 50.3 Å². The van der Waals surface area contributed by atoms with Crippen LogP contribution in [0.3, 0.4) is 0 Å². The SMILES string of the molecule is CC(=O)N1CCC(c2noc(C3CN(S(=O)(=O)c4c(C)noc4C)C3)n2)CC1. The van der Waals surface area contributed by atoms with Crippen molar-refractivity contribution >= 4 is 15.9 Å². The standard InChI is InChI=1S/C17H23N5O5S/c1-10-15(11(2)26-19-10)28(24,25)22-8-14(9-22)17-18-16(20-27-17)13-4-6-21(7-5-13)12(3)23/h13-14H,4-9H2,1-3H3. The maximum atomic E-state index is 12.8. The quantitative estimate of drug-likeness (QED) is 0.738. The van der Waals surface area contributed by atoms with Crippen molar-refractivity contribution in [3.05, 3.63) is 23.2 Å². The summed E-state index contributed by atoms with van der Waals surface area (Å²) in [5, 5.41) is 7.82. The molecule has 0 spiro atoms. The third-order valence-electron chi connectivity index (χ3n) is 5.53. The van der Waals surface area contributed by atoms with E-state index in [2.05, 4.69) is 15.3 Å². The van der Waals surface area contributed by atoms with Gasteiger partial charge in [-0.25, -0.2) is 8.42 Å². The van der Waals surface area contributed by atoms with E-state index in [0.29, 0.717) is 30.5 Å². The molecule has 10 nitrogen and oxygen atoms in total. The number of amides is 1. The first kappa shape index (κ1) is 19.1. The van der Waals surface area contributed by atoms with E-state index in [1.807, 2.05) is 4.90 Å². The van der Waals surface area contributed by atoms with Gasteiger partial charge >= 0.3 is 0 Å². The summed E-state index contributed by atoms with van der Waals surface area (Å²) in [6.07, 6.45) is 1.60. The second-order valence-electron chi connectivity index (χ2n) is 7.44. The molecule has 28 heavy (non-hydrogen) atoms. The summed E-state index contributed by atoms with van der Waals surface area (Å²) in [6.45, 7) is 6.74. The van der Waals surface area contributed by atoms with Crippen LogP contribution in [0.15, 0.2) is 13.9 Å². The van der Waals surface area contributed by atoms with Gasteiger partial charge in [-0.1, -0.05) is 10.3 Å². The number of hydrogen-bond acceptors (Lipinski definition) is 8. The van der Waals surface area contributed by atoms with Gasteiger partial charge < -0.3 is 13.9 Å². The molecule has 2 aliphatic heterocycles. The molecule has 4 heterocycles. The van der Waals surface area contributed by atoms with Gasteiger partial charge in [-0.15, -0.1) is 0 Å². The van der Waals surface area contributed by atoms with E-state index in [1.165, 1.54) is 4.31 Å². The number of likely N-dealkylation sites (tertiary alicyclic amines) is 1. The molecule has 0 bridgehead atoms. The van der Waals surface area contributed by atoms with Gasteiger partial charge in [-0.2, -0.15) is 9.29 Å². The smallest absolute Gasteiger partial charge is 0.248 e. The summed E-state index contributed by atoms with van der Waals surface area (Å²) in [7, 11) is -3.64. The van der Waals surface area contributed by atoms with Crippen molar-refractivity contribution in [1.29, 1.82) is 0 Å². The fraction of sp³-hybridized carbons (Fsp3) is 0.647. The molecule has 0 N–H and O–H groups in total. The van der Waals surface area contributed by atoms with E-state index in [-0.39, 0.29) is 41.5 Å². The normalized spacial score (nSPS) is 19.8. The van der Waals surface area contributed by atoms with E-state index in [1.54, 1.807) is 20.8 Å². The lowest BCUT2D eigenvalue weighted by Gasteiger charge is -2.35. The molecule has 0 radical (unpaired) electrons. The number of piperidine rings is 1. The highest BCUT2D eigenvalue weighted by Gasteiger charge is 2.43. The highest BCUT2D eigenvalue weighted by molar-refractivity contribution is 7.89. The van der Waals surface area contributed by atoms with Gasteiger partial charge in [0.2, 0.25) is 21.8 Å². The molecule has 0 saturated carbocycles. The molecule has 152 valence electrons. The zero-order valence-corrected chi connectivity index (χ0v) is 16.9. The summed E-state index contributed by atoms with van der Waals surface area (Å²) in [4.78, 5) is 17.9. The molecule has 0 unspecified atom stereocenters. The number of nitrogens with zero attached hydrogens (tertiary/aromatic N) is 5. The van der Waals surface area contributed by atoms with Gasteiger partial charge in [-0.05, 0) is 26.7 Å². The van der Waals surface area contributed by atoms with Crippen LogP contribution in [0.4, 0.5) is 0 Å². The molecule has 1 amide bonds. The summed E-state index contributed by atoms with van der Waals surface area (Å²) >= 11 is 0. The minimum Gasteiger partial charge on any atom is -0.360 e. The number of rotatable bonds is 4. The second kappa shape index (κ2) is 6.96. The van der Waals surface area contributed by atoms with E-state index in [4.69, 9.17) is 9.05 Å². The Kier molecular flexibility index (Phi) is 4.74. The number of sulfonamides is 1. The Morgan fingerprint density at radius 2 is 1.75 bits per heavy atom. The Bertz CT molecular complexity index is 964. The lowest BCUT2D eigenvalue weighted by molar-refractivity contribution is -0.129. The van der Waals surface area contributed by atoms with Crippen LogP contribution in [0.25, 0.3) is 0 Å². The number of aromatic nitrogens is 3. The Balaban J connectivity index is 1.39. The average molecular weight is 409 g/mol. The summed E-state index contributed by atoms with van der Waals surface area (Å²) in [5.41, 5.74) is 0.359. The van der Waals surface area contributed by atoms with E-state index >= 15 is 0 Å². The molecule has 0 aromatic carbocycles. The van der Waals surface area contributed by atoms with Crippen molar-refractivity contribution in [1.82, 2.24) is 24.5 Å². The topological polar surface area (TPSA) is 123 Å². The third kappa shape index (κ3) is 3.22. The van der Waals surface area contributed by atoms with Crippen LogP contribution in [0.1, 0.15) is 54.8 Å². The lowest BCUT2D eigenvalue weighted by atomic mass is 9.96. The van der Waals surface area contributed by atoms with Crippen molar-refractivity contribution in [2.24, 2.45) is 0 Å². The predicted octanol–water partition coefficient (Wildman–Crippen LogP) is 1.19. The molecule has 2 aromatic rings. The minimum absolute atomic E-state index is 0.0846. The summed E-state index contributed by atoms with van der Waals surface area (Å²) in [5.74, 6) is 1.53. The maximum absolute atomic E-state index is 12.8. The molecular weight excluding hydrogens is 386 g/mol. The van der Waals surface area contributed by atoms with Crippen molar-refractivity contribution < 1.29 is 22.3 Å². The van der Waals surface area contributed by atoms with E-state index < -0.39 is 10.0 Å². The first-order chi connectivity index (χ1) is 13.3. The molecule has 0 atom stereocenters. The number of hydrogen-bond donors (Lipinski definition) is 0. The van der Waals surface area contributed by atoms with E-state index in [9.17, 15) is 13.2 Å². The van der Waals surface area contributed by atoms with Crippen LogP contribution < -0.4 is 0 Å². The summed E-state index contributed by atoms with van der Waals surface area (Å²) in [6, 6.07) is 0. The molecule has 11 heteroatoms.